The van der Waals surface area contributed by atoms with Gasteiger partial charge in [0, 0.05) is 20.1 Å². The smallest absolute Gasteiger partial charge is 0.141 e. The Hall–Kier alpha value is -0.720. The number of nitrogen functional groups attached to an aromatic ring is 1. The fourth-order valence-corrected chi connectivity index (χ4v) is 1.51. The number of nitrogens with zero attached hydrogens (tertiary/aromatic N) is 2. The van der Waals surface area contributed by atoms with Crippen molar-refractivity contribution in [1.82, 2.24) is 9.97 Å². The van der Waals surface area contributed by atoms with E-state index in [2.05, 4.69) is 25.9 Å². The highest BCUT2D eigenvalue weighted by Gasteiger charge is 2.09. The first kappa shape index (κ1) is 13.3. The lowest BCUT2D eigenvalue weighted by atomic mass is 10.3. The highest BCUT2D eigenvalue weighted by molar-refractivity contribution is 9.10. The van der Waals surface area contributed by atoms with Crippen LogP contribution in [0.5, 0.6) is 0 Å². The molecule has 0 saturated heterocycles. The van der Waals surface area contributed by atoms with E-state index in [1.165, 1.54) is 0 Å². The van der Waals surface area contributed by atoms with Gasteiger partial charge in [0.2, 0.25) is 0 Å². The van der Waals surface area contributed by atoms with Crippen molar-refractivity contribution in [3.8, 4) is 0 Å². The molecule has 1 aromatic heterocycles. The molecule has 0 spiro atoms. The molecule has 0 aliphatic rings. The molecule has 0 aliphatic carbocycles. The summed E-state index contributed by atoms with van der Waals surface area (Å²) in [5.74, 6) is 1.12. The number of ether oxygens (including phenoxy) is 2. The molecule has 0 aliphatic heterocycles. The highest BCUT2D eigenvalue weighted by Crippen LogP contribution is 2.21. The zero-order chi connectivity index (χ0) is 12.0. The molecular weight excluding hydrogens is 274 g/mol. The van der Waals surface area contributed by atoms with Gasteiger partial charge in [0.1, 0.15) is 11.6 Å². The number of methoxy groups -OCH3 is 1. The third-order valence-corrected chi connectivity index (χ3v) is 2.81. The Kier molecular flexibility index (Phi) is 5.65. The molecule has 0 amide bonds. The molecule has 6 heteroatoms. The number of rotatable bonds is 6. The van der Waals surface area contributed by atoms with Gasteiger partial charge in [-0.25, -0.2) is 9.97 Å². The van der Waals surface area contributed by atoms with E-state index < -0.39 is 0 Å². The molecular formula is C10H16BrN3O2. The van der Waals surface area contributed by atoms with Crippen LogP contribution in [0.3, 0.4) is 0 Å². The molecule has 0 fully saturated rings. The molecule has 0 atom stereocenters. The number of hydrogen-bond donors (Lipinski definition) is 1. The summed E-state index contributed by atoms with van der Waals surface area (Å²) in [5.41, 5.74) is 6.53. The van der Waals surface area contributed by atoms with Gasteiger partial charge in [0.15, 0.2) is 0 Å². The van der Waals surface area contributed by atoms with E-state index in [1.807, 2.05) is 6.92 Å². The first-order chi connectivity index (χ1) is 7.69. The number of anilines is 1. The van der Waals surface area contributed by atoms with E-state index in [-0.39, 0.29) is 0 Å². The zero-order valence-corrected chi connectivity index (χ0v) is 11.1. The monoisotopic (exact) mass is 289 g/mol. The van der Waals surface area contributed by atoms with Crippen LogP contribution in [-0.2, 0) is 22.5 Å². The van der Waals surface area contributed by atoms with Crippen LogP contribution in [-0.4, -0.2) is 30.3 Å². The van der Waals surface area contributed by atoms with E-state index >= 15 is 0 Å². The Balaban J connectivity index is 2.77. The Morgan fingerprint density at radius 3 is 2.75 bits per heavy atom. The molecule has 1 heterocycles. The van der Waals surface area contributed by atoms with Gasteiger partial charge in [-0.15, -0.1) is 0 Å². The van der Waals surface area contributed by atoms with Crippen molar-refractivity contribution >= 4 is 21.7 Å². The molecule has 5 nitrogen and oxygen atoms in total. The molecule has 0 saturated carbocycles. The maximum absolute atomic E-state index is 5.76. The number of hydrogen-bond acceptors (Lipinski definition) is 5. The topological polar surface area (TPSA) is 70.3 Å². The van der Waals surface area contributed by atoms with Crippen molar-refractivity contribution in [2.24, 2.45) is 0 Å². The predicted octanol–water partition coefficient (Wildman–Crippen LogP) is 1.55. The van der Waals surface area contributed by atoms with Crippen molar-refractivity contribution in [2.45, 2.75) is 20.0 Å². The van der Waals surface area contributed by atoms with Crippen LogP contribution >= 0.6 is 15.9 Å². The van der Waals surface area contributed by atoms with Crippen molar-refractivity contribution < 1.29 is 9.47 Å². The van der Waals surface area contributed by atoms with E-state index in [0.717, 1.165) is 5.69 Å². The quantitative estimate of drug-likeness (QED) is 0.805. The lowest BCUT2D eigenvalue weighted by molar-refractivity contribution is 0.149. The molecule has 0 aromatic carbocycles. The Morgan fingerprint density at radius 1 is 1.38 bits per heavy atom. The second-order valence-corrected chi connectivity index (χ2v) is 3.96. The molecule has 0 unspecified atom stereocenters. The summed E-state index contributed by atoms with van der Waals surface area (Å²) >= 11 is 3.34. The molecule has 0 bridgehead atoms. The maximum Gasteiger partial charge on any atom is 0.141 e. The van der Waals surface area contributed by atoms with Crippen LogP contribution in [0.1, 0.15) is 18.4 Å². The van der Waals surface area contributed by atoms with E-state index in [1.54, 1.807) is 7.11 Å². The Labute approximate surface area is 103 Å². The average molecular weight is 290 g/mol. The van der Waals surface area contributed by atoms with Crippen molar-refractivity contribution in [1.29, 1.82) is 0 Å². The van der Waals surface area contributed by atoms with Gasteiger partial charge in [-0.05, 0) is 22.9 Å². The lowest BCUT2D eigenvalue weighted by Crippen LogP contribution is -2.09. The average Bonchev–Trinajstić information content (AvgIpc) is 2.26. The Bertz CT molecular complexity index is 347. The summed E-state index contributed by atoms with van der Waals surface area (Å²) in [4.78, 5) is 8.52. The minimum atomic E-state index is 0.412. The minimum Gasteiger partial charge on any atom is -0.383 e. The van der Waals surface area contributed by atoms with Gasteiger partial charge in [0.25, 0.3) is 0 Å². The van der Waals surface area contributed by atoms with E-state index in [9.17, 15) is 0 Å². The van der Waals surface area contributed by atoms with Crippen molar-refractivity contribution in [3.63, 3.8) is 0 Å². The molecule has 0 radical (unpaired) electrons. The Morgan fingerprint density at radius 2 is 2.12 bits per heavy atom. The zero-order valence-electron chi connectivity index (χ0n) is 9.49. The van der Waals surface area contributed by atoms with Crippen LogP contribution in [0.25, 0.3) is 0 Å². The van der Waals surface area contributed by atoms with Gasteiger partial charge < -0.3 is 15.2 Å². The standard InChI is InChI=1S/C10H16BrN3O2/c1-3-16-5-4-8-13-7(6-15-2)9(11)10(12)14-8/h3-6H2,1-2H3,(H2,12,13,14). The molecule has 90 valence electrons. The van der Waals surface area contributed by atoms with Gasteiger partial charge >= 0.3 is 0 Å². The summed E-state index contributed by atoms with van der Waals surface area (Å²) in [7, 11) is 1.62. The highest BCUT2D eigenvalue weighted by atomic mass is 79.9. The third-order valence-electron chi connectivity index (χ3n) is 1.95. The van der Waals surface area contributed by atoms with Gasteiger partial charge in [-0.2, -0.15) is 0 Å². The summed E-state index contributed by atoms with van der Waals surface area (Å²) in [5, 5.41) is 0. The molecule has 2 N–H and O–H groups in total. The molecule has 16 heavy (non-hydrogen) atoms. The summed E-state index contributed by atoms with van der Waals surface area (Å²) in [6, 6.07) is 0. The van der Waals surface area contributed by atoms with E-state index in [0.29, 0.717) is 42.4 Å². The van der Waals surface area contributed by atoms with Gasteiger partial charge in [-0.1, -0.05) is 0 Å². The van der Waals surface area contributed by atoms with Crippen LogP contribution in [0.2, 0.25) is 0 Å². The van der Waals surface area contributed by atoms with Crippen molar-refractivity contribution in [2.75, 3.05) is 26.1 Å². The fraction of sp³-hybridized carbons (Fsp3) is 0.600. The van der Waals surface area contributed by atoms with Crippen LogP contribution in [0.4, 0.5) is 5.82 Å². The number of halogens is 1. The van der Waals surface area contributed by atoms with Crippen LogP contribution in [0.15, 0.2) is 4.47 Å². The first-order valence-electron chi connectivity index (χ1n) is 5.06. The van der Waals surface area contributed by atoms with Crippen LogP contribution < -0.4 is 5.73 Å². The largest absolute Gasteiger partial charge is 0.383 e. The minimum absolute atomic E-state index is 0.412. The summed E-state index contributed by atoms with van der Waals surface area (Å²) in [6.07, 6.45) is 0.655. The summed E-state index contributed by atoms with van der Waals surface area (Å²) < 4.78 is 11.0. The normalized spacial score (nSPS) is 10.7. The second kappa shape index (κ2) is 6.78. The lowest BCUT2D eigenvalue weighted by Gasteiger charge is -2.08. The predicted molar refractivity (Wildman–Crippen MR) is 65.1 cm³/mol. The number of aromatic nitrogens is 2. The van der Waals surface area contributed by atoms with Gasteiger partial charge in [0.05, 0.1) is 23.4 Å². The first-order valence-corrected chi connectivity index (χ1v) is 5.85. The SMILES string of the molecule is CCOCCc1nc(N)c(Br)c(COC)n1. The third kappa shape index (κ3) is 3.70. The second-order valence-electron chi connectivity index (χ2n) is 3.17. The number of nitrogens with two attached hydrogens (primary N) is 1. The maximum atomic E-state index is 5.76. The fourth-order valence-electron chi connectivity index (χ4n) is 1.22. The molecule has 1 aromatic rings. The molecule has 1 rings (SSSR count). The summed E-state index contributed by atoms with van der Waals surface area (Å²) in [6.45, 7) is 3.66. The van der Waals surface area contributed by atoms with Crippen LogP contribution in [0, 0.1) is 0 Å². The van der Waals surface area contributed by atoms with Gasteiger partial charge in [-0.3, -0.25) is 0 Å². The van der Waals surface area contributed by atoms with Crippen molar-refractivity contribution in [3.05, 3.63) is 16.0 Å². The van der Waals surface area contributed by atoms with E-state index in [4.69, 9.17) is 15.2 Å².